The van der Waals surface area contributed by atoms with Gasteiger partial charge in [0.05, 0.1) is 5.69 Å². The Kier molecular flexibility index (Phi) is 4.94. The van der Waals surface area contributed by atoms with E-state index in [1.54, 1.807) is 42.5 Å². The SMILES string of the molecule is Cc1nc(-c2ccsc2)sc1C(=O)NNC(=O)c1ccc(Cl)cc1. The molecule has 0 atom stereocenters. The highest BCUT2D eigenvalue weighted by Crippen LogP contribution is 2.29. The number of amides is 2. The lowest BCUT2D eigenvalue weighted by Crippen LogP contribution is -2.41. The molecule has 0 unspecified atom stereocenters. The Balaban J connectivity index is 1.67. The number of hydrogen-bond donors (Lipinski definition) is 2. The Hall–Kier alpha value is -2.22. The minimum absolute atomic E-state index is 0.395. The Morgan fingerprint density at radius 2 is 1.79 bits per heavy atom. The van der Waals surface area contributed by atoms with Crippen molar-refractivity contribution in [3.63, 3.8) is 0 Å². The number of carbonyl (C=O) groups is 2. The van der Waals surface area contributed by atoms with Crippen molar-refractivity contribution < 1.29 is 9.59 Å². The van der Waals surface area contributed by atoms with Crippen LogP contribution in [0.25, 0.3) is 10.6 Å². The van der Waals surface area contributed by atoms with Crippen molar-refractivity contribution in [3.05, 3.63) is 62.2 Å². The van der Waals surface area contributed by atoms with E-state index in [0.29, 0.717) is 21.2 Å². The van der Waals surface area contributed by atoms with Crippen LogP contribution in [0, 0.1) is 6.92 Å². The molecule has 0 radical (unpaired) electrons. The summed E-state index contributed by atoms with van der Waals surface area (Å²) < 4.78 is 0. The first-order valence-electron chi connectivity index (χ1n) is 6.91. The van der Waals surface area contributed by atoms with E-state index in [1.165, 1.54) is 11.3 Å². The van der Waals surface area contributed by atoms with Gasteiger partial charge in [0.15, 0.2) is 0 Å². The first-order valence-corrected chi connectivity index (χ1v) is 9.04. The molecule has 0 aliphatic rings. The molecule has 2 aromatic heterocycles. The highest BCUT2D eigenvalue weighted by atomic mass is 35.5. The van der Waals surface area contributed by atoms with Crippen LogP contribution in [0.3, 0.4) is 0 Å². The minimum Gasteiger partial charge on any atom is -0.267 e. The van der Waals surface area contributed by atoms with Crippen LogP contribution in [0.2, 0.25) is 5.02 Å². The minimum atomic E-state index is -0.416. The summed E-state index contributed by atoms with van der Waals surface area (Å²) in [6, 6.07) is 8.33. The number of rotatable bonds is 3. The topological polar surface area (TPSA) is 71.1 Å². The molecule has 122 valence electrons. The van der Waals surface area contributed by atoms with Crippen molar-refractivity contribution in [2.24, 2.45) is 0 Å². The average Bonchev–Trinajstić information content (AvgIpc) is 3.22. The van der Waals surface area contributed by atoms with E-state index in [2.05, 4.69) is 15.8 Å². The van der Waals surface area contributed by atoms with Gasteiger partial charge in [-0.3, -0.25) is 20.4 Å². The van der Waals surface area contributed by atoms with E-state index in [1.807, 2.05) is 16.8 Å². The van der Waals surface area contributed by atoms with Gasteiger partial charge in [-0.25, -0.2) is 4.98 Å². The van der Waals surface area contributed by atoms with E-state index in [4.69, 9.17) is 11.6 Å². The van der Waals surface area contributed by atoms with E-state index in [0.717, 1.165) is 10.6 Å². The molecule has 0 aliphatic heterocycles. The molecular formula is C16H12ClN3O2S2. The van der Waals surface area contributed by atoms with E-state index in [-0.39, 0.29) is 0 Å². The van der Waals surface area contributed by atoms with Crippen LogP contribution in [0.5, 0.6) is 0 Å². The molecule has 0 aliphatic carbocycles. The average molecular weight is 378 g/mol. The summed E-state index contributed by atoms with van der Waals surface area (Å²) in [4.78, 5) is 29.1. The zero-order valence-corrected chi connectivity index (χ0v) is 14.9. The third kappa shape index (κ3) is 3.64. The number of thiophene rings is 1. The van der Waals surface area contributed by atoms with Crippen LogP contribution in [-0.4, -0.2) is 16.8 Å². The molecule has 24 heavy (non-hydrogen) atoms. The van der Waals surface area contributed by atoms with Crippen molar-refractivity contribution in [2.75, 3.05) is 0 Å². The van der Waals surface area contributed by atoms with Crippen molar-refractivity contribution in [3.8, 4) is 10.6 Å². The number of aryl methyl sites for hydroxylation is 1. The third-order valence-electron chi connectivity index (χ3n) is 3.17. The molecule has 0 saturated carbocycles. The largest absolute Gasteiger partial charge is 0.281 e. The van der Waals surface area contributed by atoms with Gasteiger partial charge in [-0.15, -0.1) is 11.3 Å². The van der Waals surface area contributed by atoms with Crippen molar-refractivity contribution in [1.82, 2.24) is 15.8 Å². The summed E-state index contributed by atoms with van der Waals surface area (Å²) in [5, 5.41) is 5.25. The monoisotopic (exact) mass is 377 g/mol. The number of aromatic nitrogens is 1. The third-order valence-corrected chi connectivity index (χ3v) is 5.31. The quantitative estimate of drug-likeness (QED) is 0.680. The summed E-state index contributed by atoms with van der Waals surface area (Å²) in [6.45, 7) is 1.77. The maximum Gasteiger partial charge on any atom is 0.281 e. The van der Waals surface area contributed by atoms with E-state index in [9.17, 15) is 9.59 Å². The Labute approximate surface area is 151 Å². The van der Waals surface area contributed by atoms with Crippen LogP contribution >= 0.6 is 34.3 Å². The molecule has 1 aromatic carbocycles. The van der Waals surface area contributed by atoms with Gasteiger partial charge in [0, 0.05) is 21.5 Å². The molecule has 0 spiro atoms. The molecule has 0 bridgehead atoms. The number of benzene rings is 1. The van der Waals surface area contributed by atoms with Gasteiger partial charge in [0.2, 0.25) is 0 Å². The Morgan fingerprint density at radius 1 is 1.08 bits per heavy atom. The Morgan fingerprint density at radius 3 is 2.46 bits per heavy atom. The number of nitrogens with zero attached hydrogens (tertiary/aromatic N) is 1. The normalized spacial score (nSPS) is 10.4. The van der Waals surface area contributed by atoms with E-state index >= 15 is 0 Å². The fourth-order valence-corrected chi connectivity index (χ4v) is 3.76. The molecule has 2 amide bonds. The van der Waals surface area contributed by atoms with Crippen LogP contribution in [0.15, 0.2) is 41.1 Å². The smallest absolute Gasteiger partial charge is 0.267 e. The molecule has 8 heteroatoms. The van der Waals surface area contributed by atoms with Gasteiger partial charge in [-0.1, -0.05) is 11.6 Å². The molecule has 2 heterocycles. The maximum atomic E-state index is 12.3. The molecule has 3 rings (SSSR count). The standard InChI is InChI=1S/C16H12ClN3O2S2/c1-9-13(24-16(18-9)11-6-7-23-8-11)15(22)20-19-14(21)10-2-4-12(17)5-3-10/h2-8H,1H3,(H,19,21)(H,20,22). The van der Waals surface area contributed by atoms with Crippen LogP contribution in [-0.2, 0) is 0 Å². The number of halogens is 1. The van der Waals surface area contributed by atoms with Gasteiger partial charge < -0.3 is 0 Å². The zero-order chi connectivity index (χ0) is 17.1. The predicted molar refractivity (Wildman–Crippen MR) is 96.5 cm³/mol. The second-order valence-corrected chi connectivity index (χ2v) is 7.08. The molecular weight excluding hydrogens is 366 g/mol. The molecule has 2 N–H and O–H groups in total. The molecule has 0 saturated heterocycles. The molecule has 0 fully saturated rings. The highest BCUT2D eigenvalue weighted by Gasteiger charge is 2.17. The van der Waals surface area contributed by atoms with Gasteiger partial charge in [-0.2, -0.15) is 11.3 Å². The fraction of sp³-hybridized carbons (Fsp3) is 0.0625. The van der Waals surface area contributed by atoms with Crippen molar-refractivity contribution in [2.45, 2.75) is 6.92 Å². The second kappa shape index (κ2) is 7.12. The van der Waals surface area contributed by atoms with Crippen LogP contribution < -0.4 is 10.9 Å². The lowest BCUT2D eigenvalue weighted by Gasteiger charge is -2.06. The van der Waals surface area contributed by atoms with E-state index < -0.39 is 11.8 Å². The number of thiazole rings is 1. The van der Waals surface area contributed by atoms with Gasteiger partial charge in [0.1, 0.15) is 9.88 Å². The summed E-state index contributed by atoms with van der Waals surface area (Å²) in [5.41, 5.74) is 6.81. The molecule has 5 nitrogen and oxygen atoms in total. The first-order chi connectivity index (χ1) is 11.5. The van der Waals surface area contributed by atoms with Gasteiger partial charge >= 0.3 is 0 Å². The maximum absolute atomic E-state index is 12.3. The number of hydrazine groups is 1. The van der Waals surface area contributed by atoms with Crippen LogP contribution in [0.4, 0.5) is 0 Å². The molecule has 3 aromatic rings. The fourth-order valence-electron chi connectivity index (χ4n) is 1.96. The van der Waals surface area contributed by atoms with Gasteiger partial charge in [-0.05, 0) is 42.6 Å². The summed E-state index contributed by atoms with van der Waals surface area (Å²) >= 11 is 8.64. The number of hydrogen-bond acceptors (Lipinski definition) is 5. The first kappa shape index (κ1) is 16.6. The lowest BCUT2D eigenvalue weighted by atomic mass is 10.2. The number of nitrogens with one attached hydrogen (secondary N) is 2. The summed E-state index contributed by atoms with van der Waals surface area (Å²) in [5.74, 6) is -0.811. The van der Waals surface area contributed by atoms with Crippen molar-refractivity contribution >= 4 is 46.1 Å². The van der Waals surface area contributed by atoms with Crippen molar-refractivity contribution in [1.29, 1.82) is 0 Å². The van der Waals surface area contributed by atoms with Crippen LogP contribution in [0.1, 0.15) is 25.7 Å². The van der Waals surface area contributed by atoms with Gasteiger partial charge in [0.25, 0.3) is 11.8 Å². The second-order valence-electron chi connectivity index (χ2n) is 4.86. The Bertz CT molecular complexity index is 873. The highest BCUT2D eigenvalue weighted by molar-refractivity contribution is 7.17. The summed E-state index contributed by atoms with van der Waals surface area (Å²) in [7, 11) is 0. The summed E-state index contributed by atoms with van der Waals surface area (Å²) in [6.07, 6.45) is 0. The number of carbonyl (C=O) groups excluding carboxylic acids is 2. The lowest BCUT2D eigenvalue weighted by molar-refractivity contribution is 0.0848. The zero-order valence-electron chi connectivity index (χ0n) is 12.5. The predicted octanol–water partition coefficient (Wildman–Crippen LogP) is 3.91.